The molecule has 0 atom stereocenters. The molecule has 4 heteroatoms. The smallest absolute Gasteiger partial charge is 0.362 e. The third-order valence-corrected chi connectivity index (χ3v) is 3.37. The van der Waals surface area contributed by atoms with Gasteiger partial charge in [-0.25, -0.2) is 9.79 Å². The van der Waals surface area contributed by atoms with E-state index in [1.54, 1.807) is 18.3 Å². The maximum atomic E-state index is 11.8. The molecule has 0 N–H and O–H groups in total. The lowest BCUT2D eigenvalue weighted by Crippen LogP contribution is -1.97. The lowest BCUT2D eigenvalue weighted by molar-refractivity contribution is 0.563. The Morgan fingerprint density at radius 1 is 1.05 bits per heavy atom. The Balaban J connectivity index is 2.00. The minimum Gasteiger partial charge on any atom is -0.421 e. The summed E-state index contributed by atoms with van der Waals surface area (Å²) >= 11 is 3.37. The first-order valence-electron chi connectivity index (χ1n) is 6.05. The maximum absolute atomic E-state index is 11.8. The Morgan fingerprint density at radius 2 is 1.80 bits per heavy atom. The first-order chi connectivity index (χ1) is 9.72. The van der Waals surface area contributed by atoms with Gasteiger partial charge in [0, 0.05) is 16.1 Å². The van der Waals surface area contributed by atoms with E-state index < -0.39 is 5.63 Å². The van der Waals surface area contributed by atoms with Gasteiger partial charge in [0.1, 0.15) is 11.3 Å². The molecule has 98 valence electrons. The molecule has 1 aromatic heterocycles. The van der Waals surface area contributed by atoms with Gasteiger partial charge in [0.15, 0.2) is 0 Å². The lowest BCUT2D eigenvalue weighted by Gasteiger charge is -1.97. The van der Waals surface area contributed by atoms with Gasteiger partial charge in [0.2, 0.25) is 0 Å². The van der Waals surface area contributed by atoms with Crippen molar-refractivity contribution < 1.29 is 4.42 Å². The molecular weight excluding hydrogens is 318 g/mol. The molecule has 2 aromatic carbocycles. The molecule has 1 heterocycles. The molecule has 3 nitrogen and oxygen atoms in total. The van der Waals surface area contributed by atoms with Crippen LogP contribution in [-0.2, 0) is 0 Å². The first-order valence-corrected chi connectivity index (χ1v) is 6.84. The second-order valence-electron chi connectivity index (χ2n) is 4.27. The molecule has 0 radical (unpaired) electrons. The van der Waals surface area contributed by atoms with Crippen LogP contribution in [0.25, 0.3) is 11.0 Å². The minimum absolute atomic E-state index is 0.298. The van der Waals surface area contributed by atoms with Crippen molar-refractivity contribution in [2.24, 2.45) is 4.99 Å². The van der Waals surface area contributed by atoms with Crippen molar-refractivity contribution in [3.05, 3.63) is 75.1 Å². The molecule has 3 aromatic rings. The number of aliphatic imine (C=N–C) groups is 1. The van der Waals surface area contributed by atoms with Crippen molar-refractivity contribution in [3.8, 4) is 0 Å². The van der Waals surface area contributed by atoms with Crippen LogP contribution in [0.3, 0.4) is 0 Å². The first kappa shape index (κ1) is 12.8. The van der Waals surface area contributed by atoms with Crippen LogP contribution in [-0.4, -0.2) is 6.21 Å². The van der Waals surface area contributed by atoms with Crippen LogP contribution in [0.5, 0.6) is 0 Å². The predicted molar refractivity (Wildman–Crippen MR) is 83.9 cm³/mol. The minimum atomic E-state index is -0.433. The quantitative estimate of drug-likeness (QED) is 0.520. The molecule has 3 rings (SSSR count). The highest BCUT2D eigenvalue weighted by Crippen LogP contribution is 2.17. The fraction of sp³-hybridized carbons (Fsp3) is 0. The van der Waals surface area contributed by atoms with E-state index in [2.05, 4.69) is 20.9 Å². The standard InChI is InChI=1S/C16H10BrNO2/c17-13-7-5-11(6-8-13)10-18-14-9-12-3-1-2-4-15(12)20-16(14)19/h1-10H. The van der Waals surface area contributed by atoms with Crippen molar-refractivity contribution in [3.63, 3.8) is 0 Å². The summed E-state index contributed by atoms with van der Waals surface area (Å²) in [5.41, 5.74) is 1.35. The summed E-state index contributed by atoms with van der Waals surface area (Å²) in [6.07, 6.45) is 1.65. The van der Waals surface area contributed by atoms with E-state index >= 15 is 0 Å². The Hall–Kier alpha value is -2.20. The van der Waals surface area contributed by atoms with Crippen LogP contribution in [0.15, 0.2) is 73.3 Å². The highest BCUT2D eigenvalue weighted by atomic mass is 79.9. The van der Waals surface area contributed by atoms with Crippen molar-refractivity contribution in [2.45, 2.75) is 0 Å². The van der Waals surface area contributed by atoms with Gasteiger partial charge in [-0.2, -0.15) is 0 Å². The SMILES string of the molecule is O=c1oc2ccccc2cc1N=Cc1ccc(Br)cc1. The summed E-state index contributed by atoms with van der Waals surface area (Å²) in [4.78, 5) is 16.0. The van der Waals surface area contributed by atoms with Crippen LogP contribution in [0.2, 0.25) is 0 Å². The summed E-state index contributed by atoms with van der Waals surface area (Å²) < 4.78 is 6.22. The maximum Gasteiger partial charge on any atom is 0.362 e. The fourth-order valence-corrected chi connectivity index (χ4v) is 2.10. The number of nitrogens with zero attached hydrogens (tertiary/aromatic N) is 1. The van der Waals surface area contributed by atoms with Gasteiger partial charge in [0.05, 0.1) is 0 Å². The van der Waals surface area contributed by atoms with Crippen molar-refractivity contribution >= 4 is 38.8 Å². The molecule has 20 heavy (non-hydrogen) atoms. The van der Waals surface area contributed by atoms with Crippen molar-refractivity contribution in [1.82, 2.24) is 0 Å². The normalized spacial score (nSPS) is 11.2. The topological polar surface area (TPSA) is 42.6 Å². The van der Waals surface area contributed by atoms with E-state index in [4.69, 9.17) is 4.42 Å². The van der Waals surface area contributed by atoms with E-state index in [1.807, 2.05) is 42.5 Å². The van der Waals surface area contributed by atoms with E-state index in [1.165, 1.54) is 0 Å². The Morgan fingerprint density at radius 3 is 2.60 bits per heavy atom. The number of hydrogen-bond donors (Lipinski definition) is 0. The zero-order valence-electron chi connectivity index (χ0n) is 10.4. The number of fused-ring (bicyclic) bond motifs is 1. The Kier molecular flexibility index (Phi) is 3.48. The summed E-state index contributed by atoms with van der Waals surface area (Å²) in [6.45, 7) is 0. The Labute approximate surface area is 123 Å². The second-order valence-corrected chi connectivity index (χ2v) is 5.18. The van der Waals surface area contributed by atoms with Gasteiger partial charge in [0.25, 0.3) is 0 Å². The number of hydrogen-bond acceptors (Lipinski definition) is 3. The molecule has 0 fully saturated rings. The zero-order valence-corrected chi connectivity index (χ0v) is 12.0. The third-order valence-electron chi connectivity index (χ3n) is 2.85. The highest BCUT2D eigenvalue weighted by Gasteiger charge is 2.02. The zero-order chi connectivity index (χ0) is 13.9. The van der Waals surface area contributed by atoms with Gasteiger partial charge >= 0.3 is 5.63 Å². The molecule has 0 aliphatic carbocycles. The van der Waals surface area contributed by atoms with Gasteiger partial charge in [-0.15, -0.1) is 0 Å². The molecule has 0 saturated carbocycles. The molecule has 0 saturated heterocycles. The third kappa shape index (κ3) is 2.70. The fourth-order valence-electron chi connectivity index (χ4n) is 1.83. The summed E-state index contributed by atoms with van der Waals surface area (Å²) in [5, 5.41) is 0.857. The number of benzene rings is 2. The van der Waals surface area contributed by atoms with Crippen molar-refractivity contribution in [1.29, 1.82) is 0 Å². The van der Waals surface area contributed by atoms with Crippen LogP contribution < -0.4 is 5.63 Å². The van der Waals surface area contributed by atoms with Crippen molar-refractivity contribution in [2.75, 3.05) is 0 Å². The number of para-hydroxylation sites is 1. The average molecular weight is 328 g/mol. The molecule has 0 amide bonds. The van der Waals surface area contributed by atoms with Crippen LogP contribution in [0, 0.1) is 0 Å². The largest absolute Gasteiger partial charge is 0.421 e. The van der Waals surface area contributed by atoms with E-state index in [9.17, 15) is 4.79 Å². The monoisotopic (exact) mass is 327 g/mol. The molecule has 0 bridgehead atoms. The van der Waals surface area contributed by atoms with E-state index in [0.29, 0.717) is 11.3 Å². The molecule has 0 unspecified atom stereocenters. The number of rotatable bonds is 2. The average Bonchev–Trinajstić information content (AvgIpc) is 2.47. The molecular formula is C16H10BrNO2. The lowest BCUT2D eigenvalue weighted by atomic mass is 10.2. The van der Waals surface area contributed by atoms with Gasteiger partial charge in [-0.3, -0.25) is 0 Å². The summed E-state index contributed by atoms with van der Waals surface area (Å²) in [6, 6.07) is 16.8. The highest BCUT2D eigenvalue weighted by molar-refractivity contribution is 9.10. The summed E-state index contributed by atoms with van der Waals surface area (Å²) in [7, 11) is 0. The van der Waals surface area contributed by atoms with Gasteiger partial charge in [-0.1, -0.05) is 46.3 Å². The summed E-state index contributed by atoms with van der Waals surface area (Å²) in [5.74, 6) is 0. The molecule has 0 spiro atoms. The van der Waals surface area contributed by atoms with Gasteiger partial charge in [-0.05, 0) is 29.8 Å². The second kappa shape index (κ2) is 5.43. The number of halogens is 1. The van der Waals surface area contributed by atoms with E-state index in [0.717, 1.165) is 15.4 Å². The Bertz CT molecular complexity index is 835. The van der Waals surface area contributed by atoms with E-state index in [-0.39, 0.29) is 0 Å². The van der Waals surface area contributed by atoms with Crippen LogP contribution >= 0.6 is 15.9 Å². The van der Waals surface area contributed by atoms with Crippen LogP contribution in [0.1, 0.15) is 5.56 Å². The van der Waals surface area contributed by atoms with Gasteiger partial charge < -0.3 is 4.42 Å². The molecule has 0 aliphatic rings. The predicted octanol–water partition coefficient (Wildman–Crippen LogP) is 4.31. The van der Waals surface area contributed by atoms with Crippen LogP contribution in [0.4, 0.5) is 5.69 Å². The molecule has 0 aliphatic heterocycles.